The van der Waals surface area contributed by atoms with Gasteiger partial charge in [-0.25, -0.2) is 8.78 Å². The second-order valence-corrected chi connectivity index (χ2v) is 4.53. The minimum atomic E-state index is -0.609. The molecule has 0 aromatic heterocycles. The first-order chi connectivity index (χ1) is 7.08. The molecule has 1 N–H and O–H groups in total. The summed E-state index contributed by atoms with van der Waals surface area (Å²) >= 11 is 5.69. The van der Waals surface area contributed by atoms with E-state index in [9.17, 15) is 8.78 Å². The van der Waals surface area contributed by atoms with Gasteiger partial charge in [0, 0.05) is 12.2 Å². The molecule has 0 heterocycles. The summed E-state index contributed by atoms with van der Waals surface area (Å²) in [6.45, 7) is -0.000712. The zero-order valence-corrected chi connectivity index (χ0v) is 8.82. The van der Waals surface area contributed by atoms with Crippen LogP contribution < -0.4 is 0 Å². The summed E-state index contributed by atoms with van der Waals surface area (Å²) in [5, 5.41) is 8.95. The molecule has 1 aliphatic rings. The quantitative estimate of drug-likeness (QED) is 0.795. The Balaban J connectivity index is 2.31. The molecule has 1 nitrogen and oxygen atoms in total. The number of hydrogen-bond donors (Lipinski definition) is 1. The summed E-state index contributed by atoms with van der Waals surface area (Å²) in [6, 6.07) is 2.09. The Morgan fingerprint density at radius 3 is 2.40 bits per heavy atom. The van der Waals surface area contributed by atoms with Crippen LogP contribution in [0, 0.1) is 17.0 Å². The molecule has 0 bridgehead atoms. The number of rotatable bonds is 3. The van der Waals surface area contributed by atoms with Crippen LogP contribution in [-0.2, 0) is 6.42 Å². The zero-order valence-electron chi connectivity index (χ0n) is 8.06. The maximum atomic E-state index is 13.4. The lowest BCUT2D eigenvalue weighted by molar-refractivity contribution is 0.210. The Kier molecular flexibility index (Phi) is 2.69. The van der Waals surface area contributed by atoms with Gasteiger partial charge in [0.1, 0.15) is 11.6 Å². The van der Waals surface area contributed by atoms with E-state index in [-0.39, 0.29) is 22.6 Å². The average Bonchev–Trinajstić information content (AvgIpc) is 3.00. The van der Waals surface area contributed by atoms with Gasteiger partial charge in [0.25, 0.3) is 0 Å². The normalized spacial score (nSPS) is 17.9. The highest BCUT2D eigenvalue weighted by molar-refractivity contribution is 6.31. The summed E-state index contributed by atoms with van der Waals surface area (Å²) in [7, 11) is 0. The number of halogens is 3. The molecule has 1 fully saturated rings. The fourth-order valence-corrected chi connectivity index (χ4v) is 1.89. The van der Waals surface area contributed by atoms with Crippen LogP contribution in [0.15, 0.2) is 12.1 Å². The summed E-state index contributed by atoms with van der Waals surface area (Å²) in [5.41, 5.74) is -0.0821. The second kappa shape index (κ2) is 3.72. The lowest BCUT2D eigenvalue weighted by Gasteiger charge is -2.13. The first-order valence-corrected chi connectivity index (χ1v) is 5.19. The van der Waals surface area contributed by atoms with Crippen molar-refractivity contribution < 1.29 is 13.9 Å². The van der Waals surface area contributed by atoms with Gasteiger partial charge in [-0.1, -0.05) is 11.6 Å². The lowest BCUT2D eigenvalue weighted by Crippen LogP contribution is -2.12. The third kappa shape index (κ3) is 1.99. The topological polar surface area (TPSA) is 20.2 Å². The van der Waals surface area contributed by atoms with Gasteiger partial charge in [0.05, 0.1) is 5.02 Å². The first-order valence-electron chi connectivity index (χ1n) is 4.81. The molecule has 1 aromatic carbocycles. The number of hydrogen-bond acceptors (Lipinski definition) is 1. The Morgan fingerprint density at radius 2 is 1.87 bits per heavy atom. The van der Waals surface area contributed by atoms with Gasteiger partial charge in [0.2, 0.25) is 0 Å². The molecule has 1 aliphatic carbocycles. The van der Waals surface area contributed by atoms with E-state index in [2.05, 4.69) is 0 Å². The molecule has 82 valence electrons. The van der Waals surface area contributed by atoms with Crippen LogP contribution in [0.2, 0.25) is 5.02 Å². The van der Waals surface area contributed by atoms with Gasteiger partial charge in [-0.2, -0.15) is 0 Å². The second-order valence-electron chi connectivity index (χ2n) is 4.16. The van der Waals surface area contributed by atoms with Crippen LogP contribution in [-0.4, -0.2) is 11.7 Å². The van der Waals surface area contributed by atoms with Crippen molar-refractivity contribution in [3.05, 3.63) is 34.4 Å². The van der Waals surface area contributed by atoms with E-state index in [4.69, 9.17) is 16.7 Å². The van der Waals surface area contributed by atoms with E-state index in [1.54, 1.807) is 0 Å². The molecule has 0 amide bonds. The predicted octanol–water partition coefficient (Wildman–Crippen LogP) is 2.93. The third-order valence-electron chi connectivity index (χ3n) is 2.98. The lowest BCUT2D eigenvalue weighted by atomic mass is 9.97. The standard InChI is InChI=1S/C11H11ClF2O/c12-10-7(5-11(6-15)3-4-11)8(13)1-2-9(10)14/h1-2,15H,3-6H2. The Morgan fingerprint density at radius 1 is 1.27 bits per heavy atom. The van der Waals surface area contributed by atoms with Crippen LogP contribution in [0.4, 0.5) is 8.78 Å². The van der Waals surface area contributed by atoms with Crippen molar-refractivity contribution >= 4 is 11.6 Å². The minimum Gasteiger partial charge on any atom is -0.396 e. The highest BCUT2D eigenvalue weighted by Gasteiger charge is 2.43. The van der Waals surface area contributed by atoms with E-state index < -0.39 is 11.6 Å². The minimum absolute atomic E-state index is 0.000712. The van der Waals surface area contributed by atoms with Crippen molar-refractivity contribution in [2.75, 3.05) is 6.61 Å². The van der Waals surface area contributed by atoms with E-state index in [0.29, 0.717) is 6.42 Å². The van der Waals surface area contributed by atoms with Crippen molar-refractivity contribution in [2.45, 2.75) is 19.3 Å². The SMILES string of the molecule is OCC1(Cc2c(F)ccc(F)c2Cl)CC1. The maximum absolute atomic E-state index is 13.4. The summed E-state index contributed by atoms with van der Waals surface area (Å²) in [5.74, 6) is -1.11. The zero-order chi connectivity index (χ0) is 11.1. The molecule has 0 atom stereocenters. The van der Waals surface area contributed by atoms with Gasteiger partial charge in [0.15, 0.2) is 0 Å². The molecule has 15 heavy (non-hydrogen) atoms. The number of aliphatic hydroxyl groups excluding tert-OH is 1. The Labute approximate surface area is 91.7 Å². The number of benzene rings is 1. The predicted molar refractivity (Wildman–Crippen MR) is 53.8 cm³/mol. The van der Waals surface area contributed by atoms with E-state index in [0.717, 1.165) is 25.0 Å². The van der Waals surface area contributed by atoms with E-state index in [1.165, 1.54) is 0 Å². The highest BCUT2D eigenvalue weighted by Crippen LogP contribution is 2.49. The smallest absolute Gasteiger partial charge is 0.142 e. The summed E-state index contributed by atoms with van der Waals surface area (Å²) in [4.78, 5) is 0. The average molecular weight is 233 g/mol. The fourth-order valence-electron chi connectivity index (χ4n) is 1.67. The first kappa shape index (κ1) is 10.8. The molecule has 1 saturated carbocycles. The number of aliphatic hydroxyl groups is 1. The van der Waals surface area contributed by atoms with Crippen molar-refractivity contribution in [1.82, 2.24) is 0 Å². The molecule has 0 saturated heterocycles. The molecule has 1 aromatic rings. The Bertz CT molecular complexity index is 388. The van der Waals surface area contributed by atoms with Gasteiger partial charge >= 0.3 is 0 Å². The van der Waals surface area contributed by atoms with Gasteiger partial charge in [-0.3, -0.25) is 0 Å². The molecule has 4 heteroatoms. The summed E-state index contributed by atoms with van der Waals surface area (Å²) < 4.78 is 26.5. The molecule has 0 unspecified atom stereocenters. The fraction of sp³-hybridized carbons (Fsp3) is 0.455. The maximum Gasteiger partial charge on any atom is 0.142 e. The molecule has 0 spiro atoms. The largest absolute Gasteiger partial charge is 0.396 e. The molecule has 0 aliphatic heterocycles. The molecule has 2 rings (SSSR count). The third-order valence-corrected chi connectivity index (χ3v) is 3.39. The van der Waals surface area contributed by atoms with Gasteiger partial charge in [-0.05, 0) is 36.8 Å². The molecular weight excluding hydrogens is 222 g/mol. The van der Waals surface area contributed by atoms with Crippen molar-refractivity contribution in [3.8, 4) is 0 Å². The van der Waals surface area contributed by atoms with Crippen molar-refractivity contribution in [2.24, 2.45) is 5.41 Å². The molecule has 0 radical (unpaired) electrons. The van der Waals surface area contributed by atoms with Crippen LogP contribution in [0.1, 0.15) is 18.4 Å². The van der Waals surface area contributed by atoms with Crippen LogP contribution in [0.25, 0.3) is 0 Å². The highest BCUT2D eigenvalue weighted by atomic mass is 35.5. The Hall–Kier alpha value is -0.670. The van der Waals surface area contributed by atoms with E-state index >= 15 is 0 Å². The van der Waals surface area contributed by atoms with Gasteiger partial charge < -0.3 is 5.11 Å². The summed E-state index contributed by atoms with van der Waals surface area (Å²) in [6.07, 6.45) is 2.00. The van der Waals surface area contributed by atoms with Gasteiger partial charge in [-0.15, -0.1) is 0 Å². The van der Waals surface area contributed by atoms with Crippen LogP contribution >= 0.6 is 11.6 Å². The van der Waals surface area contributed by atoms with Crippen LogP contribution in [0.5, 0.6) is 0 Å². The van der Waals surface area contributed by atoms with Crippen molar-refractivity contribution in [1.29, 1.82) is 0 Å². The monoisotopic (exact) mass is 232 g/mol. The van der Waals surface area contributed by atoms with Crippen LogP contribution in [0.3, 0.4) is 0 Å². The van der Waals surface area contributed by atoms with E-state index in [1.807, 2.05) is 0 Å². The molecular formula is C11H11ClF2O. The van der Waals surface area contributed by atoms with Crippen molar-refractivity contribution in [3.63, 3.8) is 0 Å².